The van der Waals surface area contributed by atoms with Crippen molar-refractivity contribution in [2.24, 2.45) is 5.10 Å². The molecule has 4 rings (SSSR count). The van der Waals surface area contributed by atoms with Gasteiger partial charge in [-0.2, -0.15) is 9.78 Å². The molecular formula is C22H21BrN6O2. The van der Waals surface area contributed by atoms with Crippen LogP contribution in [0.15, 0.2) is 52.0 Å². The number of anilines is 1. The number of benzene rings is 2. The molecule has 0 aliphatic carbocycles. The first kappa shape index (κ1) is 20.8. The van der Waals surface area contributed by atoms with Crippen molar-refractivity contribution < 1.29 is 9.90 Å². The van der Waals surface area contributed by atoms with Gasteiger partial charge >= 0.3 is 0 Å². The van der Waals surface area contributed by atoms with E-state index in [2.05, 4.69) is 36.3 Å². The Balaban J connectivity index is 1.92. The summed E-state index contributed by atoms with van der Waals surface area (Å²) in [6.45, 7) is 3.90. The van der Waals surface area contributed by atoms with Gasteiger partial charge in [0, 0.05) is 16.1 Å². The number of nitrogen functional groups attached to an aromatic ring is 1. The zero-order valence-electron chi connectivity index (χ0n) is 17.0. The van der Waals surface area contributed by atoms with E-state index < -0.39 is 0 Å². The van der Waals surface area contributed by atoms with Crippen molar-refractivity contribution in [3.05, 3.63) is 58.1 Å². The van der Waals surface area contributed by atoms with E-state index in [1.807, 2.05) is 38.1 Å². The minimum absolute atomic E-state index is 0.0270. The van der Waals surface area contributed by atoms with Gasteiger partial charge in [-0.15, -0.1) is 0 Å². The lowest BCUT2D eigenvalue weighted by Crippen LogP contribution is -2.32. The highest BCUT2D eigenvalue weighted by Gasteiger charge is 2.24. The number of phenols is 1. The van der Waals surface area contributed by atoms with Crippen LogP contribution in [0.1, 0.15) is 36.2 Å². The highest BCUT2D eigenvalue weighted by molar-refractivity contribution is 9.10. The van der Waals surface area contributed by atoms with E-state index in [4.69, 9.17) is 5.73 Å². The molecule has 0 saturated heterocycles. The summed E-state index contributed by atoms with van der Waals surface area (Å²) >= 11 is 3.38. The van der Waals surface area contributed by atoms with Crippen molar-refractivity contribution in [3.63, 3.8) is 0 Å². The first-order valence-corrected chi connectivity index (χ1v) is 10.6. The topological polar surface area (TPSA) is 118 Å². The summed E-state index contributed by atoms with van der Waals surface area (Å²) in [7, 11) is 0. The molecule has 1 atom stereocenters. The van der Waals surface area contributed by atoms with Gasteiger partial charge in [-0.3, -0.25) is 4.79 Å². The van der Waals surface area contributed by atoms with Crippen molar-refractivity contribution in [2.75, 3.05) is 5.73 Å². The molecule has 0 bridgehead atoms. The molecule has 0 spiro atoms. The number of hydrogen-bond donors (Lipinski definition) is 3. The smallest absolute Gasteiger partial charge is 0.257 e. The summed E-state index contributed by atoms with van der Waals surface area (Å²) in [6.07, 6.45) is 2.24. The van der Waals surface area contributed by atoms with Crippen LogP contribution >= 0.6 is 15.9 Å². The maximum atomic E-state index is 13.0. The Morgan fingerprint density at radius 2 is 2.00 bits per heavy atom. The van der Waals surface area contributed by atoms with Gasteiger partial charge in [-0.05, 0) is 43.7 Å². The Morgan fingerprint density at radius 3 is 2.71 bits per heavy atom. The molecule has 8 nitrogen and oxygen atoms in total. The van der Waals surface area contributed by atoms with Gasteiger partial charge in [0.25, 0.3) is 5.91 Å². The standard InChI is InChI=1S/C22H21BrN6O2/c1-3-12(2)26-22(31)18-19-21(28-16-7-5-4-6-15(16)27-19)29(20(18)24)25-11-13-10-14(23)8-9-17(13)30/h4-12,30H,3,24H2,1-2H3,(H,26,31)/b25-11+/t12-/m1/s1. The number of fused-ring (bicyclic) bond motifs is 2. The summed E-state index contributed by atoms with van der Waals surface area (Å²) < 4.78 is 2.16. The lowest BCUT2D eigenvalue weighted by Gasteiger charge is -2.11. The molecule has 2 aromatic carbocycles. The zero-order chi connectivity index (χ0) is 22.1. The van der Waals surface area contributed by atoms with E-state index in [1.165, 1.54) is 10.9 Å². The predicted octanol–water partition coefficient (Wildman–Crippen LogP) is 4.05. The molecule has 0 aliphatic heterocycles. The van der Waals surface area contributed by atoms with E-state index in [0.717, 1.165) is 10.9 Å². The maximum Gasteiger partial charge on any atom is 0.257 e. The molecule has 9 heteroatoms. The largest absolute Gasteiger partial charge is 0.507 e. The molecule has 2 aromatic heterocycles. The lowest BCUT2D eigenvalue weighted by molar-refractivity contribution is 0.0941. The second kappa shape index (κ2) is 8.35. The number of nitrogens with two attached hydrogens (primary N) is 1. The lowest BCUT2D eigenvalue weighted by atomic mass is 10.2. The minimum atomic E-state index is -0.333. The van der Waals surface area contributed by atoms with Crippen LogP contribution in [0.3, 0.4) is 0 Å². The Bertz CT molecular complexity index is 1330. The minimum Gasteiger partial charge on any atom is -0.507 e. The van der Waals surface area contributed by atoms with E-state index in [0.29, 0.717) is 27.8 Å². The van der Waals surface area contributed by atoms with E-state index in [-0.39, 0.29) is 29.1 Å². The third-order valence-corrected chi connectivity index (χ3v) is 5.49. The fourth-order valence-electron chi connectivity index (χ4n) is 3.13. The summed E-state index contributed by atoms with van der Waals surface area (Å²) in [6, 6.07) is 12.3. The molecule has 31 heavy (non-hydrogen) atoms. The third-order valence-electron chi connectivity index (χ3n) is 4.99. The van der Waals surface area contributed by atoms with Crippen LogP contribution in [0.4, 0.5) is 5.82 Å². The van der Waals surface area contributed by atoms with Crippen molar-refractivity contribution in [2.45, 2.75) is 26.3 Å². The number of amides is 1. The normalized spacial score (nSPS) is 12.6. The number of carbonyl (C=O) groups is 1. The van der Waals surface area contributed by atoms with Gasteiger partial charge in [-0.25, -0.2) is 9.97 Å². The van der Waals surface area contributed by atoms with Gasteiger partial charge in [0.2, 0.25) is 0 Å². The number of aromatic nitrogens is 3. The number of rotatable bonds is 5. The van der Waals surface area contributed by atoms with Gasteiger partial charge in [-0.1, -0.05) is 35.0 Å². The van der Waals surface area contributed by atoms with Crippen LogP contribution in [0, 0.1) is 0 Å². The number of aromatic hydroxyl groups is 1. The quantitative estimate of drug-likeness (QED) is 0.372. The molecule has 0 saturated carbocycles. The molecule has 4 aromatic rings. The Labute approximate surface area is 186 Å². The number of halogens is 1. The van der Waals surface area contributed by atoms with Crippen molar-refractivity contribution >= 4 is 56.1 Å². The SMILES string of the molecule is CC[C@@H](C)NC(=O)c1c(N)n(/N=C/c2cc(Br)ccc2O)c2nc3ccccc3nc12. The summed E-state index contributed by atoms with van der Waals surface area (Å²) in [5, 5.41) is 17.5. The number of nitrogens with one attached hydrogen (secondary N) is 1. The average Bonchev–Trinajstić information content (AvgIpc) is 3.02. The molecule has 0 radical (unpaired) electrons. The van der Waals surface area contributed by atoms with Crippen molar-refractivity contribution in [1.29, 1.82) is 0 Å². The third kappa shape index (κ3) is 3.96. The molecular weight excluding hydrogens is 460 g/mol. The second-order valence-electron chi connectivity index (χ2n) is 7.19. The Kier molecular flexibility index (Phi) is 5.60. The summed E-state index contributed by atoms with van der Waals surface area (Å²) in [5.74, 6) is -0.147. The number of nitrogens with zero attached hydrogens (tertiary/aromatic N) is 4. The zero-order valence-corrected chi connectivity index (χ0v) is 18.6. The number of phenolic OH excluding ortho intramolecular Hbond substituents is 1. The van der Waals surface area contributed by atoms with Crippen LogP contribution in [-0.4, -0.2) is 37.9 Å². The summed E-state index contributed by atoms with van der Waals surface area (Å²) in [4.78, 5) is 22.3. The fraction of sp³-hybridized carbons (Fsp3) is 0.182. The first-order valence-electron chi connectivity index (χ1n) is 9.79. The van der Waals surface area contributed by atoms with Crippen molar-refractivity contribution in [3.8, 4) is 5.75 Å². The first-order chi connectivity index (χ1) is 14.9. The molecule has 0 aliphatic rings. The van der Waals surface area contributed by atoms with Crippen LogP contribution in [0.5, 0.6) is 5.75 Å². The average molecular weight is 481 g/mol. The molecule has 1 amide bonds. The molecule has 0 unspecified atom stereocenters. The van der Waals surface area contributed by atoms with Gasteiger partial charge in [0.05, 0.1) is 17.2 Å². The number of carbonyl (C=O) groups excluding carboxylic acids is 1. The monoisotopic (exact) mass is 480 g/mol. The Hall–Kier alpha value is -3.46. The van der Waals surface area contributed by atoms with Gasteiger partial charge < -0.3 is 16.2 Å². The molecule has 158 valence electrons. The summed E-state index contributed by atoms with van der Waals surface area (Å²) in [5.41, 5.74) is 9.11. The predicted molar refractivity (Wildman–Crippen MR) is 125 cm³/mol. The highest BCUT2D eigenvalue weighted by Crippen LogP contribution is 2.28. The molecule has 4 N–H and O–H groups in total. The fourth-order valence-corrected chi connectivity index (χ4v) is 3.51. The maximum absolute atomic E-state index is 13.0. The second-order valence-corrected chi connectivity index (χ2v) is 8.10. The van der Waals surface area contributed by atoms with E-state index >= 15 is 0 Å². The van der Waals surface area contributed by atoms with Crippen LogP contribution < -0.4 is 11.1 Å². The van der Waals surface area contributed by atoms with Gasteiger partial charge in [0.15, 0.2) is 5.65 Å². The number of para-hydroxylation sites is 2. The van der Waals surface area contributed by atoms with Gasteiger partial charge in [0.1, 0.15) is 22.6 Å². The molecule has 0 fully saturated rings. The van der Waals surface area contributed by atoms with Crippen LogP contribution in [0.25, 0.3) is 22.2 Å². The number of hydrogen-bond acceptors (Lipinski definition) is 6. The highest BCUT2D eigenvalue weighted by atomic mass is 79.9. The molecule has 2 heterocycles. The Morgan fingerprint density at radius 1 is 1.29 bits per heavy atom. The van der Waals surface area contributed by atoms with Crippen LogP contribution in [0.2, 0.25) is 0 Å². The van der Waals surface area contributed by atoms with Crippen molar-refractivity contribution in [1.82, 2.24) is 20.0 Å². The van der Waals surface area contributed by atoms with Crippen LogP contribution in [-0.2, 0) is 0 Å². The van der Waals surface area contributed by atoms with E-state index in [9.17, 15) is 9.90 Å². The van der Waals surface area contributed by atoms with E-state index in [1.54, 1.807) is 18.2 Å².